The van der Waals surface area contributed by atoms with Crippen molar-refractivity contribution >= 4 is 21.7 Å². The fraction of sp³-hybridized carbons (Fsp3) is 0.269. The average molecular weight is 468 g/mol. The first-order valence-corrected chi connectivity index (χ1v) is 12.2. The predicted molar refractivity (Wildman–Crippen MR) is 130 cm³/mol. The van der Waals surface area contributed by atoms with Gasteiger partial charge in [0.15, 0.2) is 0 Å². The van der Waals surface area contributed by atoms with Crippen molar-refractivity contribution in [1.29, 1.82) is 0 Å². The van der Waals surface area contributed by atoms with Gasteiger partial charge >= 0.3 is 5.97 Å². The molecule has 0 amide bonds. The van der Waals surface area contributed by atoms with E-state index >= 15 is 0 Å². The number of carboxylic acid groups (broad SMARTS) is 1. The molecule has 7 heteroatoms. The van der Waals surface area contributed by atoms with Gasteiger partial charge < -0.3 is 9.84 Å². The third kappa shape index (κ3) is 5.54. The Hall–Kier alpha value is -3.32. The molecular weight excluding hydrogens is 438 g/mol. The lowest BCUT2D eigenvalue weighted by molar-refractivity contribution is 0.0696. The number of carbonyl (C=O) groups is 1. The molecule has 0 heterocycles. The largest absolute Gasteiger partial charge is 0.496 e. The Morgan fingerprint density at radius 2 is 1.70 bits per heavy atom. The number of sulfonamides is 1. The van der Waals surface area contributed by atoms with E-state index in [0.717, 1.165) is 23.1 Å². The summed E-state index contributed by atoms with van der Waals surface area (Å²) in [7, 11) is -2.24. The van der Waals surface area contributed by atoms with E-state index in [1.165, 1.54) is 0 Å². The number of rotatable bonds is 9. The Morgan fingerprint density at radius 1 is 0.970 bits per heavy atom. The molecule has 33 heavy (non-hydrogen) atoms. The van der Waals surface area contributed by atoms with E-state index in [4.69, 9.17) is 9.84 Å². The Kier molecular flexibility index (Phi) is 7.43. The van der Waals surface area contributed by atoms with Crippen molar-refractivity contribution in [3.63, 3.8) is 0 Å². The molecule has 0 spiro atoms. The maximum absolute atomic E-state index is 13.3. The van der Waals surface area contributed by atoms with Crippen molar-refractivity contribution < 1.29 is 23.1 Å². The van der Waals surface area contributed by atoms with Gasteiger partial charge in [-0.2, -0.15) is 0 Å². The molecule has 6 nitrogen and oxygen atoms in total. The predicted octanol–water partition coefficient (Wildman–Crippen LogP) is 5.29. The minimum absolute atomic E-state index is 0.265. The summed E-state index contributed by atoms with van der Waals surface area (Å²) in [5, 5.41) is 9.16. The second-order valence-electron chi connectivity index (χ2n) is 8.10. The van der Waals surface area contributed by atoms with Crippen LogP contribution < -0.4 is 9.46 Å². The lowest BCUT2D eigenvalue weighted by Crippen LogP contribution is -2.17. The van der Waals surface area contributed by atoms with Crippen molar-refractivity contribution in [2.75, 3.05) is 11.8 Å². The van der Waals surface area contributed by atoms with Gasteiger partial charge in [-0.25, -0.2) is 13.2 Å². The van der Waals surface area contributed by atoms with Crippen LogP contribution in [0.1, 0.15) is 44.6 Å². The number of para-hydroxylation sites is 1. The topological polar surface area (TPSA) is 92.7 Å². The molecule has 0 radical (unpaired) electrons. The molecule has 0 fully saturated rings. The first-order valence-electron chi connectivity index (χ1n) is 10.7. The number of ether oxygens (including phenoxy) is 1. The van der Waals surface area contributed by atoms with Crippen LogP contribution in [0.2, 0.25) is 0 Å². The lowest BCUT2D eigenvalue weighted by atomic mass is 10.0. The summed E-state index contributed by atoms with van der Waals surface area (Å²) in [6.07, 6.45) is 2.09. The fourth-order valence-electron chi connectivity index (χ4n) is 4.02. The number of aromatic carboxylic acids is 1. The summed E-state index contributed by atoms with van der Waals surface area (Å²) in [5.41, 5.74) is 4.71. The van der Waals surface area contributed by atoms with Crippen LogP contribution in [0.3, 0.4) is 0 Å². The number of aryl methyl sites for hydroxylation is 3. The molecular formula is C26H29NO5S. The lowest BCUT2D eigenvalue weighted by Gasteiger charge is -2.18. The van der Waals surface area contributed by atoms with Gasteiger partial charge in [0.25, 0.3) is 10.0 Å². The number of hydrogen-bond acceptors (Lipinski definition) is 4. The van der Waals surface area contributed by atoms with Crippen LogP contribution in [0.4, 0.5) is 5.69 Å². The average Bonchev–Trinajstić information content (AvgIpc) is 2.77. The summed E-state index contributed by atoms with van der Waals surface area (Å²) in [4.78, 5) is 11.4. The molecule has 2 N–H and O–H groups in total. The summed E-state index contributed by atoms with van der Waals surface area (Å²) in [6, 6.07) is 16.0. The minimum atomic E-state index is -3.81. The second kappa shape index (κ2) is 10.1. The van der Waals surface area contributed by atoms with Gasteiger partial charge in [0.05, 0.1) is 23.3 Å². The van der Waals surface area contributed by atoms with E-state index in [0.29, 0.717) is 35.4 Å². The maximum Gasteiger partial charge on any atom is 0.335 e. The summed E-state index contributed by atoms with van der Waals surface area (Å²) < 4.78 is 34.8. The molecule has 0 aromatic heterocycles. The van der Waals surface area contributed by atoms with E-state index < -0.39 is 16.0 Å². The van der Waals surface area contributed by atoms with Crippen LogP contribution in [0.25, 0.3) is 0 Å². The highest BCUT2D eigenvalue weighted by Crippen LogP contribution is 2.32. The number of benzene rings is 3. The van der Waals surface area contributed by atoms with Gasteiger partial charge in [-0.1, -0.05) is 30.3 Å². The summed E-state index contributed by atoms with van der Waals surface area (Å²) in [5.74, 6) is -0.285. The van der Waals surface area contributed by atoms with Crippen LogP contribution in [-0.4, -0.2) is 26.6 Å². The molecule has 3 aromatic rings. The molecule has 0 aliphatic carbocycles. The zero-order chi connectivity index (χ0) is 24.2. The quantitative estimate of drug-likeness (QED) is 0.446. The molecule has 0 unspecified atom stereocenters. The Labute approximate surface area is 195 Å². The number of anilines is 1. The zero-order valence-corrected chi connectivity index (χ0v) is 20.1. The van der Waals surface area contributed by atoms with E-state index in [1.54, 1.807) is 57.4 Å². The normalized spacial score (nSPS) is 11.3. The van der Waals surface area contributed by atoms with Crippen LogP contribution >= 0.6 is 0 Å². The van der Waals surface area contributed by atoms with Crippen LogP contribution in [0, 0.1) is 20.8 Å². The SMILES string of the molecule is COc1cc(C)c(S(=O)(=O)Nc2ccccc2CCCc2cccc(C(=O)O)c2)c(C)c1C. The standard InChI is InChI=1S/C26H29NO5S/c1-17-15-24(32-4)18(2)19(3)25(17)33(30,31)27-23-14-6-5-11-21(23)12-7-9-20-10-8-13-22(16-20)26(28)29/h5-6,8,10-11,13-16,27H,7,9,12H2,1-4H3,(H,28,29). The van der Waals surface area contributed by atoms with Gasteiger partial charge in [-0.3, -0.25) is 4.72 Å². The molecule has 174 valence electrons. The Bertz CT molecular complexity index is 1280. The molecule has 0 aliphatic rings. The maximum atomic E-state index is 13.3. The van der Waals surface area contributed by atoms with E-state index in [9.17, 15) is 13.2 Å². The molecule has 0 bridgehead atoms. The third-order valence-corrected chi connectivity index (χ3v) is 7.47. The first-order chi connectivity index (χ1) is 15.6. The monoisotopic (exact) mass is 467 g/mol. The van der Waals surface area contributed by atoms with Gasteiger partial charge in [-0.15, -0.1) is 0 Å². The van der Waals surface area contributed by atoms with Crippen molar-refractivity contribution in [3.05, 3.63) is 88.0 Å². The Balaban J connectivity index is 1.80. The summed E-state index contributed by atoms with van der Waals surface area (Å²) >= 11 is 0. The molecule has 3 aromatic carbocycles. The molecule has 3 rings (SSSR count). The first kappa shape index (κ1) is 24.3. The summed E-state index contributed by atoms with van der Waals surface area (Å²) in [6.45, 7) is 5.40. The second-order valence-corrected chi connectivity index (χ2v) is 9.72. The van der Waals surface area contributed by atoms with Crippen molar-refractivity contribution in [2.45, 2.75) is 44.9 Å². The van der Waals surface area contributed by atoms with Crippen LogP contribution in [0.15, 0.2) is 59.5 Å². The number of hydrogen-bond donors (Lipinski definition) is 2. The van der Waals surface area contributed by atoms with Crippen molar-refractivity contribution in [1.82, 2.24) is 0 Å². The van der Waals surface area contributed by atoms with Crippen LogP contribution in [0.5, 0.6) is 5.75 Å². The van der Waals surface area contributed by atoms with Gasteiger partial charge in [0.2, 0.25) is 0 Å². The van der Waals surface area contributed by atoms with Gasteiger partial charge in [-0.05, 0) is 92.1 Å². The van der Waals surface area contributed by atoms with E-state index in [-0.39, 0.29) is 10.5 Å². The van der Waals surface area contributed by atoms with Crippen LogP contribution in [-0.2, 0) is 22.9 Å². The third-order valence-electron chi connectivity index (χ3n) is 5.81. The van der Waals surface area contributed by atoms with E-state index in [1.807, 2.05) is 25.1 Å². The highest BCUT2D eigenvalue weighted by molar-refractivity contribution is 7.92. The number of methoxy groups -OCH3 is 1. The Morgan fingerprint density at radius 3 is 2.39 bits per heavy atom. The zero-order valence-electron chi connectivity index (χ0n) is 19.3. The molecule has 0 saturated carbocycles. The fourth-order valence-corrected chi connectivity index (χ4v) is 5.65. The van der Waals surface area contributed by atoms with Crippen molar-refractivity contribution in [2.24, 2.45) is 0 Å². The highest BCUT2D eigenvalue weighted by atomic mass is 32.2. The van der Waals surface area contributed by atoms with Gasteiger partial charge in [0, 0.05) is 0 Å². The molecule has 0 saturated heterocycles. The van der Waals surface area contributed by atoms with Crippen molar-refractivity contribution in [3.8, 4) is 5.75 Å². The smallest absolute Gasteiger partial charge is 0.335 e. The van der Waals surface area contributed by atoms with E-state index in [2.05, 4.69) is 4.72 Å². The van der Waals surface area contributed by atoms with Gasteiger partial charge in [0.1, 0.15) is 5.75 Å². The molecule has 0 aliphatic heterocycles. The highest BCUT2D eigenvalue weighted by Gasteiger charge is 2.23. The minimum Gasteiger partial charge on any atom is -0.496 e. The number of nitrogens with one attached hydrogen (secondary N) is 1. The number of carboxylic acids is 1. The molecule has 0 atom stereocenters.